The van der Waals surface area contributed by atoms with E-state index in [0.717, 1.165) is 6.42 Å². The molecule has 1 unspecified atom stereocenters. The maximum absolute atomic E-state index is 11.2. The van der Waals surface area contributed by atoms with Gasteiger partial charge in [0.15, 0.2) is 0 Å². The van der Waals surface area contributed by atoms with Gasteiger partial charge in [0.1, 0.15) is 11.4 Å². The van der Waals surface area contributed by atoms with Crippen molar-refractivity contribution in [1.29, 1.82) is 0 Å². The molecule has 3 N–H and O–H groups in total. The van der Waals surface area contributed by atoms with E-state index in [1.807, 2.05) is 13.8 Å². The Labute approximate surface area is 78.8 Å². The van der Waals surface area contributed by atoms with Crippen LogP contribution in [-0.2, 0) is 4.79 Å². The molecule has 0 aromatic heterocycles. The Morgan fingerprint density at radius 2 is 2.08 bits per heavy atom. The molecule has 0 bridgehead atoms. The number of nitrogens with zero attached hydrogens (tertiary/aromatic N) is 1. The summed E-state index contributed by atoms with van der Waals surface area (Å²) in [6, 6.07) is 0. The normalized spacial score (nSPS) is 15.6. The molecule has 1 atom stereocenters. The van der Waals surface area contributed by atoms with Gasteiger partial charge in [-0.25, -0.2) is 0 Å². The van der Waals surface area contributed by atoms with Crippen molar-refractivity contribution >= 4 is 11.7 Å². The third-order valence-corrected chi connectivity index (χ3v) is 1.87. The van der Waals surface area contributed by atoms with Crippen LogP contribution in [0.15, 0.2) is 4.99 Å². The Balaban J connectivity index is 4.49. The summed E-state index contributed by atoms with van der Waals surface area (Å²) in [7, 11) is 0. The van der Waals surface area contributed by atoms with Crippen LogP contribution < -0.4 is 5.73 Å². The molecule has 0 aliphatic rings. The maximum atomic E-state index is 11.2. The van der Waals surface area contributed by atoms with Gasteiger partial charge in [-0.05, 0) is 20.3 Å². The Hall–Kier alpha value is -0.900. The molecule has 4 heteroatoms. The zero-order valence-electron chi connectivity index (χ0n) is 8.66. The van der Waals surface area contributed by atoms with Crippen LogP contribution in [0.4, 0.5) is 0 Å². The van der Waals surface area contributed by atoms with Crippen molar-refractivity contribution in [2.24, 2.45) is 16.6 Å². The van der Waals surface area contributed by atoms with Crippen LogP contribution in [0.25, 0.3) is 0 Å². The van der Waals surface area contributed by atoms with Gasteiger partial charge in [-0.15, -0.1) is 0 Å². The highest BCUT2D eigenvalue weighted by molar-refractivity contribution is 5.97. The molecule has 4 nitrogen and oxygen atoms in total. The number of aliphatic imine (C=N–C) groups is 1. The topological polar surface area (TPSA) is 75.7 Å². The summed E-state index contributed by atoms with van der Waals surface area (Å²) in [5, 5.41) is 9.28. The Morgan fingerprint density at radius 1 is 1.62 bits per heavy atom. The summed E-state index contributed by atoms with van der Waals surface area (Å²) >= 11 is 0. The van der Waals surface area contributed by atoms with Crippen molar-refractivity contribution in [1.82, 2.24) is 0 Å². The van der Waals surface area contributed by atoms with Gasteiger partial charge >= 0.3 is 0 Å². The van der Waals surface area contributed by atoms with Crippen molar-refractivity contribution in [3.8, 4) is 0 Å². The van der Waals surface area contributed by atoms with E-state index < -0.39 is 11.5 Å². The molecular weight excluding hydrogens is 168 g/mol. The van der Waals surface area contributed by atoms with Gasteiger partial charge in [-0.3, -0.25) is 4.79 Å². The Bertz CT molecular complexity index is 216. The highest BCUT2D eigenvalue weighted by atomic mass is 16.3. The molecule has 0 aromatic rings. The second-order valence-electron chi connectivity index (χ2n) is 3.71. The fraction of sp³-hybridized carbons (Fsp3) is 0.778. The quantitative estimate of drug-likeness (QED) is 0.503. The molecule has 0 rings (SSSR count). The summed E-state index contributed by atoms with van der Waals surface area (Å²) in [4.78, 5) is 14.8. The molecule has 0 aliphatic carbocycles. The smallest absolute Gasteiger partial charge is 0.278 e. The van der Waals surface area contributed by atoms with E-state index in [4.69, 9.17) is 5.73 Å². The number of amidine groups is 1. The van der Waals surface area contributed by atoms with Crippen LogP contribution in [0, 0.1) is 5.92 Å². The number of hydrogen-bond acceptors (Lipinski definition) is 2. The van der Waals surface area contributed by atoms with E-state index in [2.05, 4.69) is 4.99 Å². The molecule has 0 spiro atoms. The molecular formula is C9H18N2O2. The summed E-state index contributed by atoms with van der Waals surface area (Å²) in [5.74, 6) is -0.230. The number of aliphatic hydroxyl groups is 1. The van der Waals surface area contributed by atoms with Crippen LogP contribution in [0.5, 0.6) is 0 Å². The van der Waals surface area contributed by atoms with Gasteiger partial charge in [0.05, 0.1) is 0 Å². The minimum Gasteiger partial charge on any atom is -0.387 e. The zero-order valence-corrected chi connectivity index (χ0v) is 8.66. The zero-order chi connectivity index (χ0) is 10.6. The summed E-state index contributed by atoms with van der Waals surface area (Å²) < 4.78 is 0. The van der Waals surface area contributed by atoms with Gasteiger partial charge in [0, 0.05) is 5.92 Å². The molecule has 0 aromatic carbocycles. The Morgan fingerprint density at radius 3 is 2.38 bits per heavy atom. The molecule has 0 saturated heterocycles. The average molecular weight is 186 g/mol. The van der Waals surface area contributed by atoms with Crippen LogP contribution in [0.1, 0.15) is 34.1 Å². The van der Waals surface area contributed by atoms with Gasteiger partial charge in [-0.2, -0.15) is 4.99 Å². The number of rotatable bonds is 3. The molecule has 0 heterocycles. The van der Waals surface area contributed by atoms with Crippen molar-refractivity contribution in [3.63, 3.8) is 0 Å². The molecule has 76 valence electrons. The lowest BCUT2D eigenvalue weighted by atomic mass is 10.1. The molecule has 13 heavy (non-hydrogen) atoms. The third-order valence-electron chi connectivity index (χ3n) is 1.87. The largest absolute Gasteiger partial charge is 0.387 e. The SMILES string of the molecule is CCC(C)/C(N)=N/C(=O)C(C)(C)O. The second-order valence-corrected chi connectivity index (χ2v) is 3.71. The summed E-state index contributed by atoms with van der Waals surface area (Å²) in [6.07, 6.45) is 0.828. The van der Waals surface area contributed by atoms with Crippen LogP contribution in [-0.4, -0.2) is 22.5 Å². The van der Waals surface area contributed by atoms with Crippen LogP contribution >= 0.6 is 0 Å². The first kappa shape index (κ1) is 12.1. The van der Waals surface area contributed by atoms with Gasteiger partial charge < -0.3 is 10.8 Å². The lowest BCUT2D eigenvalue weighted by Gasteiger charge is -2.13. The average Bonchev–Trinajstić information content (AvgIpc) is 2.01. The minimum atomic E-state index is -1.43. The third kappa shape index (κ3) is 4.03. The van der Waals surface area contributed by atoms with E-state index in [-0.39, 0.29) is 11.8 Å². The second kappa shape index (κ2) is 4.37. The van der Waals surface area contributed by atoms with E-state index >= 15 is 0 Å². The van der Waals surface area contributed by atoms with Gasteiger partial charge in [-0.1, -0.05) is 13.8 Å². The molecule has 0 aliphatic heterocycles. The van der Waals surface area contributed by atoms with Crippen LogP contribution in [0.3, 0.4) is 0 Å². The molecule has 0 fully saturated rings. The fourth-order valence-electron chi connectivity index (χ4n) is 0.573. The first-order chi connectivity index (χ1) is 5.79. The number of amides is 1. The summed E-state index contributed by atoms with van der Waals surface area (Å²) in [6.45, 7) is 6.63. The number of carbonyl (C=O) groups excluding carboxylic acids is 1. The van der Waals surface area contributed by atoms with E-state index in [0.29, 0.717) is 0 Å². The maximum Gasteiger partial charge on any atom is 0.278 e. The first-order valence-electron chi connectivity index (χ1n) is 4.40. The number of carbonyl (C=O) groups is 1. The first-order valence-corrected chi connectivity index (χ1v) is 4.40. The lowest BCUT2D eigenvalue weighted by molar-refractivity contribution is -0.132. The van der Waals surface area contributed by atoms with E-state index in [1.165, 1.54) is 13.8 Å². The predicted molar refractivity (Wildman–Crippen MR) is 52.4 cm³/mol. The highest BCUT2D eigenvalue weighted by Gasteiger charge is 2.23. The molecule has 1 amide bonds. The van der Waals surface area contributed by atoms with Crippen LogP contribution in [0.2, 0.25) is 0 Å². The molecule has 0 saturated carbocycles. The summed E-state index contributed by atoms with van der Waals surface area (Å²) in [5.41, 5.74) is 4.11. The monoisotopic (exact) mass is 186 g/mol. The van der Waals surface area contributed by atoms with Gasteiger partial charge in [0.2, 0.25) is 0 Å². The van der Waals surface area contributed by atoms with Crippen molar-refractivity contribution in [3.05, 3.63) is 0 Å². The Kier molecular flexibility index (Phi) is 4.07. The van der Waals surface area contributed by atoms with Crippen molar-refractivity contribution in [2.45, 2.75) is 39.7 Å². The van der Waals surface area contributed by atoms with E-state index in [9.17, 15) is 9.90 Å². The lowest BCUT2D eigenvalue weighted by Crippen LogP contribution is -2.33. The standard InChI is InChI=1S/C9H18N2O2/c1-5-6(2)7(10)11-8(12)9(3,4)13/h6,13H,5H2,1-4H3,(H2,10,11,12). The fourth-order valence-corrected chi connectivity index (χ4v) is 0.573. The number of nitrogens with two attached hydrogens (primary N) is 1. The minimum absolute atomic E-state index is 0.0753. The number of hydrogen-bond donors (Lipinski definition) is 2. The predicted octanol–water partition coefficient (Wildman–Crippen LogP) is 0.687. The van der Waals surface area contributed by atoms with Crippen molar-refractivity contribution in [2.75, 3.05) is 0 Å². The highest BCUT2D eigenvalue weighted by Crippen LogP contribution is 2.06. The molecule has 0 radical (unpaired) electrons. The van der Waals surface area contributed by atoms with E-state index in [1.54, 1.807) is 0 Å². The van der Waals surface area contributed by atoms with Gasteiger partial charge in [0.25, 0.3) is 5.91 Å². The van der Waals surface area contributed by atoms with Crippen molar-refractivity contribution < 1.29 is 9.90 Å².